The number of hydrogen-bond donors (Lipinski definition) is 3. The van der Waals surface area contributed by atoms with Crippen molar-refractivity contribution in [1.82, 2.24) is 20.4 Å². The standard InChI is InChI=1S/C16H24N6O2/c1-11-9-12(2)22(21-11)8-4-7-19-16(18-3)20-10-13-5-6-14(24-13)15(17)23/h5-6,9H,4,7-8,10H2,1-3H3,(H2,17,23)(H2,18,19,20). The first kappa shape index (κ1) is 17.6. The third kappa shape index (κ3) is 4.87. The van der Waals surface area contributed by atoms with Crippen molar-refractivity contribution in [3.8, 4) is 0 Å². The topological polar surface area (TPSA) is 110 Å². The van der Waals surface area contributed by atoms with Gasteiger partial charge in [0.2, 0.25) is 0 Å². The van der Waals surface area contributed by atoms with Gasteiger partial charge >= 0.3 is 0 Å². The SMILES string of the molecule is CN=C(NCCCn1nc(C)cc1C)NCc1ccc(C(N)=O)o1. The number of primary amides is 1. The summed E-state index contributed by atoms with van der Waals surface area (Å²) in [4.78, 5) is 15.1. The van der Waals surface area contributed by atoms with Gasteiger partial charge in [-0.15, -0.1) is 0 Å². The third-order valence-corrected chi connectivity index (χ3v) is 3.50. The molecular weight excluding hydrogens is 308 g/mol. The van der Waals surface area contributed by atoms with E-state index in [1.54, 1.807) is 19.2 Å². The molecule has 0 fully saturated rings. The normalized spacial score (nSPS) is 11.5. The number of hydrogen-bond acceptors (Lipinski definition) is 4. The van der Waals surface area contributed by atoms with Crippen molar-refractivity contribution in [2.45, 2.75) is 33.4 Å². The van der Waals surface area contributed by atoms with E-state index >= 15 is 0 Å². The molecule has 2 aromatic heterocycles. The highest BCUT2D eigenvalue weighted by atomic mass is 16.3. The predicted octanol–water partition coefficient (Wildman–Crippen LogP) is 0.947. The molecular formula is C16H24N6O2. The number of carbonyl (C=O) groups excluding carboxylic acids is 1. The molecule has 2 heterocycles. The summed E-state index contributed by atoms with van der Waals surface area (Å²) in [5.41, 5.74) is 7.35. The molecule has 0 atom stereocenters. The van der Waals surface area contributed by atoms with Crippen LogP contribution in [0.1, 0.15) is 34.1 Å². The molecule has 0 unspecified atom stereocenters. The van der Waals surface area contributed by atoms with E-state index in [-0.39, 0.29) is 5.76 Å². The Kier molecular flexibility index (Phi) is 6.00. The fourth-order valence-corrected chi connectivity index (χ4v) is 2.33. The van der Waals surface area contributed by atoms with Crippen LogP contribution in [0.5, 0.6) is 0 Å². The van der Waals surface area contributed by atoms with Gasteiger partial charge in [0.15, 0.2) is 11.7 Å². The largest absolute Gasteiger partial charge is 0.454 e. The van der Waals surface area contributed by atoms with Gasteiger partial charge in [0.05, 0.1) is 12.2 Å². The van der Waals surface area contributed by atoms with Crippen LogP contribution in [0.3, 0.4) is 0 Å². The molecule has 2 aromatic rings. The van der Waals surface area contributed by atoms with Crippen molar-refractivity contribution in [2.75, 3.05) is 13.6 Å². The van der Waals surface area contributed by atoms with Crippen molar-refractivity contribution in [3.05, 3.63) is 41.1 Å². The number of guanidine groups is 1. The quantitative estimate of drug-likeness (QED) is 0.397. The van der Waals surface area contributed by atoms with Crippen molar-refractivity contribution < 1.29 is 9.21 Å². The highest BCUT2D eigenvalue weighted by Gasteiger charge is 2.07. The molecule has 0 bridgehead atoms. The van der Waals surface area contributed by atoms with E-state index < -0.39 is 5.91 Å². The third-order valence-electron chi connectivity index (χ3n) is 3.50. The number of carbonyl (C=O) groups is 1. The van der Waals surface area contributed by atoms with E-state index in [0.29, 0.717) is 18.3 Å². The minimum Gasteiger partial charge on any atom is -0.454 e. The molecule has 2 rings (SSSR count). The van der Waals surface area contributed by atoms with Gasteiger partial charge < -0.3 is 20.8 Å². The predicted molar refractivity (Wildman–Crippen MR) is 91.7 cm³/mol. The number of nitrogens with one attached hydrogen (secondary N) is 2. The van der Waals surface area contributed by atoms with E-state index in [9.17, 15) is 4.79 Å². The number of nitrogens with zero attached hydrogens (tertiary/aromatic N) is 3. The van der Waals surface area contributed by atoms with Crippen LogP contribution < -0.4 is 16.4 Å². The van der Waals surface area contributed by atoms with Crippen molar-refractivity contribution in [3.63, 3.8) is 0 Å². The van der Waals surface area contributed by atoms with Gasteiger partial charge in [-0.3, -0.25) is 14.5 Å². The number of amides is 1. The number of aryl methyl sites for hydroxylation is 3. The molecule has 0 radical (unpaired) electrons. The second-order valence-electron chi connectivity index (χ2n) is 5.49. The smallest absolute Gasteiger partial charge is 0.284 e. The molecule has 0 aliphatic rings. The lowest BCUT2D eigenvalue weighted by molar-refractivity contribution is 0.0972. The monoisotopic (exact) mass is 332 g/mol. The van der Waals surface area contributed by atoms with Crippen LogP contribution in [0.15, 0.2) is 27.6 Å². The first-order valence-electron chi connectivity index (χ1n) is 7.83. The molecule has 0 aromatic carbocycles. The van der Waals surface area contributed by atoms with E-state index in [1.165, 1.54) is 0 Å². The Morgan fingerprint density at radius 1 is 1.38 bits per heavy atom. The molecule has 0 spiro atoms. The van der Waals surface area contributed by atoms with Gasteiger partial charge in [0.25, 0.3) is 5.91 Å². The zero-order chi connectivity index (χ0) is 17.5. The van der Waals surface area contributed by atoms with Crippen LogP contribution in [-0.2, 0) is 13.1 Å². The molecule has 130 valence electrons. The number of aromatic nitrogens is 2. The number of aliphatic imine (C=N–C) groups is 1. The highest BCUT2D eigenvalue weighted by Crippen LogP contribution is 2.06. The number of rotatable bonds is 7. The summed E-state index contributed by atoms with van der Waals surface area (Å²) in [6, 6.07) is 5.34. The Morgan fingerprint density at radius 2 is 2.17 bits per heavy atom. The van der Waals surface area contributed by atoms with Crippen LogP contribution in [-0.4, -0.2) is 35.2 Å². The molecule has 8 nitrogen and oxygen atoms in total. The maximum atomic E-state index is 11.0. The van der Waals surface area contributed by atoms with Gasteiger partial charge in [0.1, 0.15) is 5.76 Å². The zero-order valence-corrected chi connectivity index (χ0v) is 14.3. The molecule has 24 heavy (non-hydrogen) atoms. The minimum atomic E-state index is -0.576. The van der Waals surface area contributed by atoms with Crippen LogP contribution in [0, 0.1) is 13.8 Å². The van der Waals surface area contributed by atoms with Gasteiger partial charge in [0, 0.05) is 25.8 Å². The molecule has 0 aliphatic heterocycles. The Hall–Kier alpha value is -2.77. The first-order chi connectivity index (χ1) is 11.5. The summed E-state index contributed by atoms with van der Waals surface area (Å²) in [6.45, 7) is 6.08. The van der Waals surface area contributed by atoms with E-state index in [0.717, 1.165) is 30.9 Å². The summed E-state index contributed by atoms with van der Waals surface area (Å²) >= 11 is 0. The van der Waals surface area contributed by atoms with Crippen LogP contribution >= 0.6 is 0 Å². The Balaban J connectivity index is 1.72. The first-order valence-corrected chi connectivity index (χ1v) is 7.83. The summed E-state index contributed by atoms with van der Waals surface area (Å²) in [5.74, 6) is 0.863. The molecule has 0 saturated carbocycles. The minimum absolute atomic E-state index is 0.152. The molecule has 0 saturated heterocycles. The Labute approximate surface area is 141 Å². The summed E-state index contributed by atoms with van der Waals surface area (Å²) in [5, 5.41) is 10.8. The fraction of sp³-hybridized carbons (Fsp3) is 0.438. The van der Waals surface area contributed by atoms with Crippen molar-refractivity contribution >= 4 is 11.9 Å². The van der Waals surface area contributed by atoms with Gasteiger partial charge in [-0.2, -0.15) is 5.10 Å². The average Bonchev–Trinajstić information content (AvgIpc) is 3.13. The number of nitrogens with two attached hydrogens (primary N) is 1. The lowest BCUT2D eigenvalue weighted by atomic mass is 10.4. The van der Waals surface area contributed by atoms with Crippen molar-refractivity contribution in [1.29, 1.82) is 0 Å². The fourth-order valence-electron chi connectivity index (χ4n) is 2.33. The maximum absolute atomic E-state index is 11.0. The second-order valence-corrected chi connectivity index (χ2v) is 5.49. The van der Waals surface area contributed by atoms with E-state index in [1.807, 2.05) is 11.6 Å². The maximum Gasteiger partial charge on any atom is 0.284 e. The summed E-state index contributed by atoms with van der Waals surface area (Å²) in [6.07, 6.45) is 0.926. The summed E-state index contributed by atoms with van der Waals surface area (Å²) < 4.78 is 7.31. The molecule has 4 N–H and O–H groups in total. The lowest BCUT2D eigenvalue weighted by Gasteiger charge is -2.11. The van der Waals surface area contributed by atoms with Gasteiger partial charge in [-0.25, -0.2) is 0 Å². The second kappa shape index (κ2) is 8.19. The molecule has 8 heteroatoms. The number of furan rings is 1. The van der Waals surface area contributed by atoms with Crippen LogP contribution in [0.25, 0.3) is 0 Å². The van der Waals surface area contributed by atoms with E-state index in [4.69, 9.17) is 10.2 Å². The van der Waals surface area contributed by atoms with Crippen LogP contribution in [0.4, 0.5) is 0 Å². The van der Waals surface area contributed by atoms with E-state index in [2.05, 4.69) is 33.7 Å². The Morgan fingerprint density at radius 3 is 2.75 bits per heavy atom. The zero-order valence-electron chi connectivity index (χ0n) is 14.3. The molecule has 0 aliphatic carbocycles. The van der Waals surface area contributed by atoms with Crippen LogP contribution in [0.2, 0.25) is 0 Å². The van der Waals surface area contributed by atoms with Gasteiger partial charge in [-0.05, 0) is 38.5 Å². The average molecular weight is 332 g/mol. The molecule has 1 amide bonds. The highest BCUT2D eigenvalue weighted by molar-refractivity contribution is 5.89. The summed E-state index contributed by atoms with van der Waals surface area (Å²) in [7, 11) is 1.70. The lowest BCUT2D eigenvalue weighted by Crippen LogP contribution is -2.37. The van der Waals surface area contributed by atoms with Crippen molar-refractivity contribution in [2.24, 2.45) is 10.7 Å². The Bertz CT molecular complexity index is 716. The van der Waals surface area contributed by atoms with Gasteiger partial charge in [-0.1, -0.05) is 0 Å².